The van der Waals surface area contributed by atoms with Crippen LogP contribution in [0.4, 0.5) is 0 Å². The third kappa shape index (κ3) is 1.69. The Bertz CT molecular complexity index is 160. The van der Waals surface area contributed by atoms with Gasteiger partial charge >= 0.3 is 0 Å². The Morgan fingerprint density at radius 2 is 2.10 bits per heavy atom. The molecule has 1 heteroatoms. The van der Waals surface area contributed by atoms with E-state index >= 15 is 0 Å². The summed E-state index contributed by atoms with van der Waals surface area (Å²) in [7, 11) is 0. The van der Waals surface area contributed by atoms with E-state index in [1.807, 2.05) is 19.9 Å². The first-order valence-corrected chi connectivity index (χ1v) is 3.93. The Labute approximate surface area is 62.1 Å². The first-order valence-electron chi connectivity index (χ1n) is 3.93. The fourth-order valence-electron chi connectivity index (χ4n) is 0.893. The summed E-state index contributed by atoms with van der Waals surface area (Å²) in [5.41, 5.74) is 1.35. The monoisotopic (exact) mass is 138 g/mol. The van der Waals surface area contributed by atoms with Crippen LogP contribution in [0.1, 0.15) is 33.1 Å². The fourth-order valence-corrected chi connectivity index (χ4v) is 0.893. The third-order valence-electron chi connectivity index (χ3n) is 1.91. The zero-order chi connectivity index (χ0) is 7.56. The van der Waals surface area contributed by atoms with Gasteiger partial charge in [-0.3, -0.25) is 4.79 Å². The minimum atomic E-state index is 0.174. The highest BCUT2D eigenvalue weighted by molar-refractivity contribution is 5.91. The van der Waals surface area contributed by atoms with Crippen molar-refractivity contribution in [2.45, 2.75) is 33.1 Å². The molecule has 1 rings (SSSR count). The molecule has 0 heterocycles. The average molecular weight is 138 g/mol. The number of hydrogen-bond acceptors (Lipinski definition) is 1. The number of carbonyl (C=O) groups is 1. The number of carbonyl (C=O) groups excluding carboxylic acids is 1. The lowest BCUT2D eigenvalue weighted by Crippen LogP contribution is -2.07. The molecule has 0 bridgehead atoms. The van der Waals surface area contributed by atoms with Gasteiger partial charge in [0.05, 0.1) is 0 Å². The molecule has 56 valence electrons. The van der Waals surface area contributed by atoms with Crippen LogP contribution < -0.4 is 0 Å². The van der Waals surface area contributed by atoms with E-state index in [4.69, 9.17) is 0 Å². The van der Waals surface area contributed by atoms with Crippen LogP contribution in [0.15, 0.2) is 11.6 Å². The molecule has 1 aliphatic carbocycles. The summed E-state index contributed by atoms with van der Waals surface area (Å²) in [6.45, 7) is 3.89. The van der Waals surface area contributed by atoms with Gasteiger partial charge in [0, 0.05) is 5.92 Å². The second-order valence-corrected chi connectivity index (χ2v) is 3.21. The summed E-state index contributed by atoms with van der Waals surface area (Å²) >= 11 is 0. The molecular formula is C9H14O. The number of allylic oxidation sites excluding steroid dienone is 2. The number of hydrogen-bond donors (Lipinski definition) is 0. The molecule has 1 fully saturated rings. The molecule has 10 heavy (non-hydrogen) atoms. The standard InChI is InChI=1S/C9H14O/c1-7(2)9(10)6-8-4-3-5-8/h6-7H,3-5H2,1-2H3. The lowest BCUT2D eigenvalue weighted by Gasteiger charge is -2.15. The van der Waals surface area contributed by atoms with Gasteiger partial charge in [-0.1, -0.05) is 19.4 Å². The minimum Gasteiger partial charge on any atom is -0.295 e. The van der Waals surface area contributed by atoms with E-state index in [9.17, 15) is 4.79 Å². The van der Waals surface area contributed by atoms with E-state index in [0.717, 1.165) is 12.8 Å². The molecule has 0 aromatic carbocycles. The third-order valence-corrected chi connectivity index (χ3v) is 1.91. The van der Waals surface area contributed by atoms with Crippen molar-refractivity contribution in [2.24, 2.45) is 5.92 Å². The Kier molecular flexibility index (Phi) is 2.25. The average Bonchev–Trinajstić information content (AvgIpc) is 1.77. The van der Waals surface area contributed by atoms with Crippen molar-refractivity contribution < 1.29 is 4.79 Å². The van der Waals surface area contributed by atoms with Crippen molar-refractivity contribution in [1.29, 1.82) is 0 Å². The van der Waals surface area contributed by atoms with Gasteiger partial charge in [0.25, 0.3) is 0 Å². The molecule has 0 unspecified atom stereocenters. The van der Waals surface area contributed by atoms with Crippen LogP contribution in [0.25, 0.3) is 0 Å². The smallest absolute Gasteiger partial charge is 0.158 e. The van der Waals surface area contributed by atoms with E-state index in [1.165, 1.54) is 12.0 Å². The molecule has 1 saturated carbocycles. The van der Waals surface area contributed by atoms with Crippen LogP contribution >= 0.6 is 0 Å². The molecule has 0 spiro atoms. The molecule has 0 aromatic rings. The van der Waals surface area contributed by atoms with E-state index < -0.39 is 0 Å². The maximum Gasteiger partial charge on any atom is 0.158 e. The fraction of sp³-hybridized carbons (Fsp3) is 0.667. The van der Waals surface area contributed by atoms with Crippen molar-refractivity contribution in [1.82, 2.24) is 0 Å². The first kappa shape index (κ1) is 7.52. The Hall–Kier alpha value is -0.590. The van der Waals surface area contributed by atoms with Gasteiger partial charge in [0.2, 0.25) is 0 Å². The molecule has 0 aliphatic heterocycles. The largest absolute Gasteiger partial charge is 0.295 e. The second-order valence-electron chi connectivity index (χ2n) is 3.21. The Morgan fingerprint density at radius 1 is 1.50 bits per heavy atom. The zero-order valence-corrected chi connectivity index (χ0v) is 6.68. The van der Waals surface area contributed by atoms with Crippen LogP contribution in [-0.4, -0.2) is 5.78 Å². The highest BCUT2D eigenvalue weighted by Crippen LogP contribution is 2.25. The summed E-state index contributed by atoms with van der Waals surface area (Å²) in [6.07, 6.45) is 5.41. The predicted octanol–water partition coefficient (Wildman–Crippen LogP) is 2.32. The molecule has 0 atom stereocenters. The molecule has 0 saturated heterocycles. The van der Waals surface area contributed by atoms with Gasteiger partial charge < -0.3 is 0 Å². The van der Waals surface area contributed by atoms with Crippen molar-refractivity contribution in [3.63, 3.8) is 0 Å². The SMILES string of the molecule is CC(C)C(=O)C=C1CCC1. The molecular weight excluding hydrogens is 124 g/mol. The van der Waals surface area contributed by atoms with Gasteiger partial charge in [0.15, 0.2) is 5.78 Å². The van der Waals surface area contributed by atoms with Gasteiger partial charge in [-0.15, -0.1) is 0 Å². The lowest BCUT2D eigenvalue weighted by molar-refractivity contribution is -0.117. The summed E-state index contributed by atoms with van der Waals surface area (Å²) < 4.78 is 0. The van der Waals surface area contributed by atoms with Gasteiger partial charge in [-0.05, 0) is 25.3 Å². The first-order chi connectivity index (χ1) is 4.70. The topological polar surface area (TPSA) is 17.1 Å². The van der Waals surface area contributed by atoms with E-state index in [0.29, 0.717) is 0 Å². The number of rotatable bonds is 2. The summed E-state index contributed by atoms with van der Waals surface area (Å²) in [6, 6.07) is 0. The van der Waals surface area contributed by atoms with Gasteiger partial charge in [-0.2, -0.15) is 0 Å². The van der Waals surface area contributed by atoms with Crippen molar-refractivity contribution in [2.75, 3.05) is 0 Å². The predicted molar refractivity (Wildman–Crippen MR) is 41.8 cm³/mol. The molecule has 0 radical (unpaired) electrons. The maximum atomic E-state index is 11.1. The highest BCUT2D eigenvalue weighted by atomic mass is 16.1. The molecule has 1 aliphatic rings. The van der Waals surface area contributed by atoms with Crippen molar-refractivity contribution in [3.8, 4) is 0 Å². The molecule has 0 amide bonds. The van der Waals surface area contributed by atoms with Crippen LogP contribution in [-0.2, 0) is 4.79 Å². The molecule has 0 aromatic heterocycles. The highest BCUT2D eigenvalue weighted by Gasteiger charge is 2.11. The number of ketones is 1. The molecule has 1 nitrogen and oxygen atoms in total. The van der Waals surface area contributed by atoms with Crippen molar-refractivity contribution in [3.05, 3.63) is 11.6 Å². The summed E-state index contributed by atoms with van der Waals surface area (Å²) in [5, 5.41) is 0. The summed E-state index contributed by atoms with van der Waals surface area (Å²) in [4.78, 5) is 11.1. The van der Waals surface area contributed by atoms with E-state index in [-0.39, 0.29) is 11.7 Å². The van der Waals surface area contributed by atoms with Crippen molar-refractivity contribution >= 4 is 5.78 Å². The second kappa shape index (κ2) is 3.00. The van der Waals surface area contributed by atoms with Gasteiger partial charge in [-0.25, -0.2) is 0 Å². The summed E-state index contributed by atoms with van der Waals surface area (Å²) in [5.74, 6) is 0.461. The van der Waals surface area contributed by atoms with E-state index in [1.54, 1.807) is 0 Å². The molecule has 0 N–H and O–H groups in total. The Morgan fingerprint density at radius 3 is 2.40 bits per heavy atom. The lowest BCUT2D eigenvalue weighted by atomic mass is 9.90. The Balaban J connectivity index is 2.43. The minimum absolute atomic E-state index is 0.174. The van der Waals surface area contributed by atoms with Gasteiger partial charge in [0.1, 0.15) is 0 Å². The van der Waals surface area contributed by atoms with E-state index in [2.05, 4.69) is 0 Å². The zero-order valence-electron chi connectivity index (χ0n) is 6.68. The van der Waals surface area contributed by atoms with Crippen LogP contribution in [0.3, 0.4) is 0 Å². The van der Waals surface area contributed by atoms with Crippen LogP contribution in [0.2, 0.25) is 0 Å². The normalized spacial score (nSPS) is 16.9. The van der Waals surface area contributed by atoms with Crippen LogP contribution in [0.5, 0.6) is 0 Å². The van der Waals surface area contributed by atoms with Crippen LogP contribution in [0, 0.1) is 5.92 Å². The quantitative estimate of drug-likeness (QED) is 0.535. The maximum absolute atomic E-state index is 11.1.